The first-order valence-corrected chi connectivity index (χ1v) is 7.92. The SMILES string of the molecule is CCOC(=O)NC(=O)C[NH+](CC)Cc1ncc(-c2ccccc2)o1. The minimum absolute atomic E-state index is 0.137. The largest absolute Gasteiger partial charge is 0.450 e. The van der Waals surface area contributed by atoms with Gasteiger partial charge in [0.05, 0.1) is 19.3 Å². The molecule has 1 atom stereocenters. The molecule has 0 saturated carbocycles. The van der Waals surface area contributed by atoms with Crippen LogP contribution in [0.5, 0.6) is 0 Å². The van der Waals surface area contributed by atoms with Crippen molar-refractivity contribution in [1.29, 1.82) is 0 Å². The van der Waals surface area contributed by atoms with Crippen molar-refractivity contribution < 1.29 is 23.6 Å². The number of nitrogens with zero attached hydrogens (tertiary/aromatic N) is 1. The van der Waals surface area contributed by atoms with Crippen LogP contribution in [-0.4, -0.2) is 36.7 Å². The summed E-state index contributed by atoms with van der Waals surface area (Å²) >= 11 is 0. The normalized spacial score (nSPS) is 11.8. The van der Waals surface area contributed by atoms with Crippen LogP contribution in [0.3, 0.4) is 0 Å². The Labute approximate surface area is 140 Å². The predicted octanol–water partition coefficient (Wildman–Crippen LogP) is 1.02. The maximum atomic E-state index is 11.8. The van der Waals surface area contributed by atoms with E-state index < -0.39 is 6.09 Å². The number of aromatic nitrogens is 1. The number of hydrogen-bond donors (Lipinski definition) is 2. The number of carbonyl (C=O) groups is 2. The minimum Gasteiger partial charge on any atom is -0.450 e. The van der Waals surface area contributed by atoms with Gasteiger partial charge in [-0.15, -0.1) is 0 Å². The fourth-order valence-corrected chi connectivity index (χ4v) is 2.21. The lowest BCUT2D eigenvalue weighted by Gasteiger charge is -2.14. The van der Waals surface area contributed by atoms with Crippen molar-refractivity contribution in [2.24, 2.45) is 0 Å². The highest BCUT2D eigenvalue weighted by Gasteiger charge is 2.18. The molecular weight excluding hydrogens is 310 g/mol. The van der Waals surface area contributed by atoms with Crippen LogP contribution in [0.1, 0.15) is 19.7 Å². The van der Waals surface area contributed by atoms with Gasteiger partial charge in [-0.05, 0) is 13.8 Å². The number of rotatable bonds is 7. The topological polar surface area (TPSA) is 85.9 Å². The Kier molecular flexibility index (Phi) is 6.51. The summed E-state index contributed by atoms with van der Waals surface area (Å²) in [6, 6.07) is 9.69. The van der Waals surface area contributed by atoms with Crippen LogP contribution >= 0.6 is 0 Å². The zero-order chi connectivity index (χ0) is 17.4. The molecule has 7 heteroatoms. The Hall–Kier alpha value is -2.67. The molecule has 1 aromatic heterocycles. The van der Waals surface area contributed by atoms with E-state index in [0.717, 1.165) is 10.5 Å². The molecule has 0 fully saturated rings. The number of benzene rings is 1. The number of amides is 2. The van der Waals surface area contributed by atoms with Crippen molar-refractivity contribution in [2.45, 2.75) is 20.4 Å². The number of likely N-dealkylation sites (N-methyl/N-ethyl adjacent to an activating group) is 1. The molecule has 1 aromatic carbocycles. The molecule has 128 valence electrons. The molecule has 24 heavy (non-hydrogen) atoms. The molecular formula is C17H22N3O4+. The quantitative estimate of drug-likeness (QED) is 0.791. The second-order valence-corrected chi connectivity index (χ2v) is 5.21. The molecule has 0 aliphatic rings. The fourth-order valence-electron chi connectivity index (χ4n) is 2.21. The lowest BCUT2D eigenvalue weighted by atomic mass is 10.2. The predicted molar refractivity (Wildman–Crippen MR) is 87.2 cm³/mol. The summed E-state index contributed by atoms with van der Waals surface area (Å²) in [5.74, 6) is 0.854. The van der Waals surface area contributed by atoms with E-state index in [2.05, 4.69) is 15.0 Å². The van der Waals surface area contributed by atoms with Gasteiger partial charge in [-0.3, -0.25) is 10.1 Å². The van der Waals surface area contributed by atoms with Gasteiger partial charge in [0.2, 0.25) is 0 Å². The van der Waals surface area contributed by atoms with Gasteiger partial charge in [-0.1, -0.05) is 30.3 Å². The maximum Gasteiger partial charge on any atom is 0.414 e. The Morgan fingerprint density at radius 3 is 2.67 bits per heavy atom. The molecule has 0 spiro atoms. The summed E-state index contributed by atoms with van der Waals surface area (Å²) in [5, 5.41) is 2.19. The number of oxazole rings is 1. The van der Waals surface area contributed by atoms with Gasteiger partial charge < -0.3 is 14.1 Å². The van der Waals surface area contributed by atoms with Crippen LogP contribution in [0.25, 0.3) is 11.3 Å². The van der Waals surface area contributed by atoms with Crippen LogP contribution in [-0.2, 0) is 16.1 Å². The Balaban J connectivity index is 1.92. The number of quaternary nitrogens is 1. The zero-order valence-electron chi connectivity index (χ0n) is 13.9. The van der Waals surface area contributed by atoms with Gasteiger partial charge in [0, 0.05) is 5.56 Å². The number of imide groups is 1. The number of carbonyl (C=O) groups excluding carboxylic acids is 2. The first kappa shape index (κ1) is 17.7. The van der Waals surface area contributed by atoms with Gasteiger partial charge in [0.25, 0.3) is 11.8 Å². The first-order chi connectivity index (χ1) is 11.6. The fraction of sp³-hybridized carbons (Fsp3) is 0.353. The van der Waals surface area contributed by atoms with Gasteiger partial charge in [-0.25, -0.2) is 9.78 Å². The smallest absolute Gasteiger partial charge is 0.414 e. The Morgan fingerprint density at radius 1 is 1.25 bits per heavy atom. The average Bonchev–Trinajstić information content (AvgIpc) is 3.03. The van der Waals surface area contributed by atoms with Gasteiger partial charge >= 0.3 is 6.09 Å². The summed E-state index contributed by atoms with van der Waals surface area (Å²) in [6.45, 7) is 5.15. The molecule has 7 nitrogen and oxygen atoms in total. The highest BCUT2D eigenvalue weighted by atomic mass is 16.5. The summed E-state index contributed by atoms with van der Waals surface area (Å²) in [4.78, 5) is 28.3. The van der Waals surface area contributed by atoms with Crippen molar-refractivity contribution in [2.75, 3.05) is 19.7 Å². The van der Waals surface area contributed by atoms with E-state index in [9.17, 15) is 9.59 Å². The van der Waals surface area contributed by atoms with Gasteiger partial charge in [0.1, 0.15) is 0 Å². The first-order valence-electron chi connectivity index (χ1n) is 7.92. The van der Waals surface area contributed by atoms with Crippen molar-refractivity contribution >= 4 is 12.0 Å². The number of alkyl carbamates (subject to hydrolysis) is 1. The average molecular weight is 332 g/mol. The summed E-state index contributed by atoms with van der Waals surface area (Å²) in [6.07, 6.45) is 0.955. The van der Waals surface area contributed by atoms with Gasteiger partial charge in [0.15, 0.2) is 18.8 Å². The van der Waals surface area contributed by atoms with Crippen molar-refractivity contribution in [3.05, 3.63) is 42.4 Å². The molecule has 0 radical (unpaired) electrons. The lowest BCUT2D eigenvalue weighted by molar-refractivity contribution is -0.905. The Bertz CT molecular complexity index is 669. The van der Waals surface area contributed by atoms with Crippen molar-refractivity contribution in [1.82, 2.24) is 10.3 Å². The van der Waals surface area contributed by atoms with Gasteiger partial charge in [-0.2, -0.15) is 0 Å². The minimum atomic E-state index is -0.722. The molecule has 2 N–H and O–H groups in total. The van der Waals surface area contributed by atoms with E-state index in [-0.39, 0.29) is 19.1 Å². The molecule has 2 aromatic rings. The maximum absolute atomic E-state index is 11.8. The third-order valence-corrected chi connectivity index (χ3v) is 3.44. The van der Waals surface area contributed by atoms with Crippen molar-refractivity contribution in [3.8, 4) is 11.3 Å². The molecule has 1 heterocycles. The van der Waals surface area contributed by atoms with Crippen LogP contribution < -0.4 is 10.2 Å². The number of nitrogens with one attached hydrogen (secondary N) is 2. The summed E-state index contributed by atoms with van der Waals surface area (Å²) in [5.41, 5.74) is 0.953. The molecule has 1 unspecified atom stereocenters. The van der Waals surface area contributed by atoms with E-state index in [1.807, 2.05) is 37.3 Å². The monoisotopic (exact) mass is 332 g/mol. The van der Waals surface area contributed by atoms with Crippen LogP contribution in [0.15, 0.2) is 40.9 Å². The molecule has 0 saturated heterocycles. The third-order valence-electron chi connectivity index (χ3n) is 3.44. The van der Waals surface area contributed by atoms with Crippen LogP contribution in [0.4, 0.5) is 4.79 Å². The van der Waals surface area contributed by atoms with E-state index >= 15 is 0 Å². The van der Waals surface area contributed by atoms with Crippen molar-refractivity contribution in [3.63, 3.8) is 0 Å². The molecule has 0 bridgehead atoms. The zero-order valence-corrected chi connectivity index (χ0v) is 13.9. The van der Waals surface area contributed by atoms with E-state index in [4.69, 9.17) is 4.42 Å². The standard InChI is InChI=1S/C17H21N3O4/c1-3-20(11-15(21)19-17(22)23-4-2)12-16-18-10-14(24-16)13-8-6-5-7-9-13/h5-10H,3-4,11-12H2,1-2H3,(H,19,21,22)/p+1. The summed E-state index contributed by atoms with van der Waals surface area (Å²) < 4.78 is 10.4. The molecule has 2 amide bonds. The third kappa shape index (κ3) is 5.20. The highest BCUT2D eigenvalue weighted by molar-refractivity contribution is 5.92. The summed E-state index contributed by atoms with van der Waals surface area (Å²) in [7, 11) is 0. The van der Waals surface area contributed by atoms with E-state index in [1.54, 1.807) is 13.1 Å². The Morgan fingerprint density at radius 2 is 2.00 bits per heavy atom. The number of ether oxygens (including phenoxy) is 1. The lowest BCUT2D eigenvalue weighted by Crippen LogP contribution is -3.11. The molecule has 0 aliphatic heterocycles. The van der Waals surface area contributed by atoms with Crippen LogP contribution in [0.2, 0.25) is 0 Å². The van der Waals surface area contributed by atoms with E-state index in [0.29, 0.717) is 24.7 Å². The second kappa shape index (κ2) is 8.83. The number of hydrogen-bond acceptors (Lipinski definition) is 5. The highest BCUT2D eigenvalue weighted by Crippen LogP contribution is 2.19. The van der Waals surface area contributed by atoms with Crippen LogP contribution in [0, 0.1) is 0 Å². The molecule has 0 aliphatic carbocycles. The van der Waals surface area contributed by atoms with E-state index in [1.165, 1.54) is 0 Å². The molecule has 2 rings (SSSR count). The second-order valence-electron chi connectivity index (χ2n) is 5.21.